The lowest BCUT2D eigenvalue weighted by atomic mass is 10.2. The molecule has 4 nitrogen and oxygen atoms in total. The number of amides is 1. The molecule has 1 aromatic heterocycles. The summed E-state index contributed by atoms with van der Waals surface area (Å²) < 4.78 is 5.69. The van der Waals surface area contributed by atoms with Crippen molar-refractivity contribution < 1.29 is 9.21 Å². The number of anilines is 1. The number of hydrogen-bond donors (Lipinski definition) is 1. The van der Waals surface area contributed by atoms with Crippen LogP contribution in [0.2, 0.25) is 10.0 Å². The standard InChI is InChI=1S/C19H16Cl2N2O2/c1-12-6-7-13(10-16(12)21)23-18(24)8-9-19-22-11-17(25-19)14-4-2-3-5-15(14)20/h2-7,10-11H,8-9H2,1H3,(H,23,24). The molecular formula is C19H16Cl2N2O2. The third-order valence-electron chi connectivity index (χ3n) is 3.71. The largest absolute Gasteiger partial charge is 0.441 e. The van der Waals surface area contributed by atoms with Gasteiger partial charge in [-0.1, -0.05) is 41.4 Å². The second-order valence-electron chi connectivity index (χ2n) is 5.61. The molecule has 0 aliphatic rings. The van der Waals surface area contributed by atoms with E-state index in [1.54, 1.807) is 18.3 Å². The van der Waals surface area contributed by atoms with Gasteiger partial charge in [0, 0.05) is 29.1 Å². The van der Waals surface area contributed by atoms with Gasteiger partial charge in [-0.15, -0.1) is 0 Å². The summed E-state index contributed by atoms with van der Waals surface area (Å²) in [4.78, 5) is 16.3. The Balaban J connectivity index is 1.59. The van der Waals surface area contributed by atoms with Crippen molar-refractivity contribution in [3.8, 4) is 11.3 Å². The summed E-state index contributed by atoms with van der Waals surface area (Å²) in [7, 11) is 0. The van der Waals surface area contributed by atoms with Crippen LogP contribution in [-0.4, -0.2) is 10.9 Å². The van der Waals surface area contributed by atoms with Gasteiger partial charge in [0.2, 0.25) is 5.91 Å². The van der Waals surface area contributed by atoms with Crippen LogP contribution in [0.25, 0.3) is 11.3 Å². The van der Waals surface area contributed by atoms with Crippen LogP contribution in [0.1, 0.15) is 17.9 Å². The molecule has 0 radical (unpaired) electrons. The number of carbonyl (C=O) groups is 1. The molecule has 0 fully saturated rings. The predicted octanol–water partition coefficient (Wildman–Crippen LogP) is 5.53. The maximum Gasteiger partial charge on any atom is 0.224 e. The Hall–Kier alpha value is -2.30. The van der Waals surface area contributed by atoms with Crippen molar-refractivity contribution in [2.24, 2.45) is 0 Å². The Bertz CT molecular complexity index is 906. The zero-order valence-electron chi connectivity index (χ0n) is 13.6. The van der Waals surface area contributed by atoms with E-state index in [9.17, 15) is 4.79 Å². The highest BCUT2D eigenvalue weighted by Crippen LogP contribution is 2.28. The topological polar surface area (TPSA) is 55.1 Å². The van der Waals surface area contributed by atoms with Crippen LogP contribution in [0.15, 0.2) is 53.1 Å². The van der Waals surface area contributed by atoms with Gasteiger partial charge in [-0.3, -0.25) is 4.79 Å². The van der Waals surface area contributed by atoms with Crippen molar-refractivity contribution >= 4 is 34.8 Å². The predicted molar refractivity (Wildman–Crippen MR) is 100 cm³/mol. The number of aromatic nitrogens is 1. The minimum absolute atomic E-state index is 0.127. The number of benzene rings is 2. The third kappa shape index (κ3) is 4.41. The second kappa shape index (κ2) is 7.72. The average molecular weight is 375 g/mol. The molecule has 0 atom stereocenters. The Labute approximate surface area is 155 Å². The highest BCUT2D eigenvalue weighted by Gasteiger charge is 2.11. The summed E-state index contributed by atoms with van der Waals surface area (Å²) in [6.45, 7) is 1.91. The van der Waals surface area contributed by atoms with Crippen LogP contribution in [0.5, 0.6) is 0 Å². The van der Waals surface area contributed by atoms with E-state index in [1.165, 1.54) is 0 Å². The minimum Gasteiger partial charge on any atom is -0.441 e. The van der Waals surface area contributed by atoms with Crippen LogP contribution in [0, 0.1) is 6.92 Å². The van der Waals surface area contributed by atoms with Gasteiger partial charge in [0.25, 0.3) is 0 Å². The molecule has 3 rings (SSSR count). The third-order valence-corrected chi connectivity index (χ3v) is 4.45. The van der Waals surface area contributed by atoms with E-state index in [2.05, 4.69) is 10.3 Å². The summed E-state index contributed by atoms with van der Waals surface area (Å²) in [5, 5.41) is 4.03. The maximum absolute atomic E-state index is 12.1. The molecule has 25 heavy (non-hydrogen) atoms. The highest BCUT2D eigenvalue weighted by atomic mass is 35.5. The molecule has 3 aromatic rings. The van der Waals surface area contributed by atoms with Crippen molar-refractivity contribution in [1.82, 2.24) is 4.98 Å². The van der Waals surface area contributed by atoms with E-state index in [4.69, 9.17) is 27.6 Å². The number of halogens is 2. The molecule has 0 unspecified atom stereocenters. The molecule has 2 aromatic carbocycles. The molecule has 0 saturated carbocycles. The number of nitrogens with one attached hydrogen (secondary N) is 1. The molecule has 128 valence electrons. The zero-order chi connectivity index (χ0) is 17.8. The lowest BCUT2D eigenvalue weighted by molar-refractivity contribution is -0.116. The van der Waals surface area contributed by atoms with Crippen LogP contribution in [-0.2, 0) is 11.2 Å². The second-order valence-corrected chi connectivity index (χ2v) is 6.42. The van der Waals surface area contributed by atoms with E-state index in [0.29, 0.717) is 33.8 Å². The van der Waals surface area contributed by atoms with Crippen molar-refractivity contribution in [2.45, 2.75) is 19.8 Å². The first-order valence-corrected chi connectivity index (χ1v) is 8.54. The summed E-state index contributed by atoms with van der Waals surface area (Å²) >= 11 is 12.2. The van der Waals surface area contributed by atoms with Crippen molar-refractivity contribution in [3.63, 3.8) is 0 Å². The minimum atomic E-state index is -0.127. The first kappa shape index (κ1) is 17.5. The fourth-order valence-electron chi connectivity index (χ4n) is 2.33. The van der Waals surface area contributed by atoms with E-state index in [-0.39, 0.29) is 12.3 Å². The first-order chi connectivity index (χ1) is 12.0. The quantitative estimate of drug-likeness (QED) is 0.638. The van der Waals surface area contributed by atoms with Gasteiger partial charge >= 0.3 is 0 Å². The Morgan fingerprint density at radius 3 is 2.72 bits per heavy atom. The Morgan fingerprint density at radius 1 is 1.16 bits per heavy atom. The summed E-state index contributed by atoms with van der Waals surface area (Å²) in [6.07, 6.45) is 2.28. The lowest BCUT2D eigenvalue weighted by Gasteiger charge is -2.06. The number of oxazole rings is 1. The first-order valence-electron chi connectivity index (χ1n) is 7.78. The number of rotatable bonds is 5. The SMILES string of the molecule is Cc1ccc(NC(=O)CCc2ncc(-c3ccccc3Cl)o2)cc1Cl. The van der Waals surface area contributed by atoms with Crippen LogP contribution in [0.3, 0.4) is 0 Å². The Kier molecular flexibility index (Phi) is 5.41. The van der Waals surface area contributed by atoms with Gasteiger partial charge in [0.15, 0.2) is 11.7 Å². The molecule has 1 amide bonds. The summed E-state index contributed by atoms with van der Waals surface area (Å²) in [5.41, 5.74) is 2.41. The number of carbonyl (C=O) groups excluding carboxylic acids is 1. The van der Waals surface area contributed by atoms with Gasteiger partial charge in [-0.25, -0.2) is 4.98 Å². The molecule has 1 heterocycles. The molecule has 1 N–H and O–H groups in total. The molecule has 0 aliphatic heterocycles. The van der Waals surface area contributed by atoms with E-state index >= 15 is 0 Å². The van der Waals surface area contributed by atoms with Crippen LogP contribution >= 0.6 is 23.2 Å². The smallest absolute Gasteiger partial charge is 0.224 e. The van der Waals surface area contributed by atoms with Crippen molar-refractivity contribution in [1.29, 1.82) is 0 Å². The van der Waals surface area contributed by atoms with Crippen molar-refractivity contribution in [2.75, 3.05) is 5.32 Å². The molecule has 0 spiro atoms. The molecule has 0 bridgehead atoms. The number of nitrogens with zero attached hydrogens (tertiary/aromatic N) is 1. The van der Waals surface area contributed by atoms with Gasteiger partial charge in [-0.2, -0.15) is 0 Å². The van der Waals surface area contributed by atoms with Crippen LogP contribution < -0.4 is 5.32 Å². The molecular weight excluding hydrogens is 359 g/mol. The number of aryl methyl sites for hydroxylation is 2. The zero-order valence-corrected chi connectivity index (χ0v) is 15.1. The fraction of sp³-hybridized carbons (Fsp3) is 0.158. The molecule has 6 heteroatoms. The van der Waals surface area contributed by atoms with Crippen molar-refractivity contribution in [3.05, 3.63) is 70.2 Å². The monoisotopic (exact) mass is 374 g/mol. The normalized spacial score (nSPS) is 10.7. The summed E-state index contributed by atoms with van der Waals surface area (Å²) in [5.74, 6) is 0.954. The van der Waals surface area contributed by atoms with E-state index in [0.717, 1.165) is 11.1 Å². The van der Waals surface area contributed by atoms with Crippen LogP contribution in [0.4, 0.5) is 5.69 Å². The highest BCUT2D eigenvalue weighted by molar-refractivity contribution is 6.33. The average Bonchev–Trinajstić information content (AvgIpc) is 3.05. The Morgan fingerprint density at radius 2 is 1.96 bits per heavy atom. The lowest BCUT2D eigenvalue weighted by Crippen LogP contribution is -2.12. The summed E-state index contributed by atoms with van der Waals surface area (Å²) in [6, 6.07) is 12.8. The van der Waals surface area contributed by atoms with Gasteiger partial charge in [0.1, 0.15) is 0 Å². The van der Waals surface area contributed by atoms with E-state index < -0.39 is 0 Å². The van der Waals surface area contributed by atoms with E-state index in [1.807, 2.05) is 37.3 Å². The number of hydrogen-bond acceptors (Lipinski definition) is 3. The maximum atomic E-state index is 12.1. The van der Waals surface area contributed by atoms with Gasteiger partial charge in [0.05, 0.1) is 11.2 Å². The van der Waals surface area contributed by atoms with Gasteiger partial charge in [-0.05, 0) is 36.8 Å². The molecule has 0 aliphatic carbocycles. The fourth-order valence-corrected chi connectivity index (χ4v) is 2.74. The molecule has 0 saturated heterocycles. The van der Waals surface area contributed by atoms with Gasteiger partial charge < -0.3 is 9.73 Å².